The van der Waals surface area contributed by atoms with E-state index in [4.69, 9.17) is 0 Å². The van der Waals surface area contributed by atoms with Crippen molar-refractivity contribution < 1.29 is 0 Å². The Bertz CT molecular complexity index is 188. The molecule has 5 heteroatoms. The van der Waals surface area contributed by atoms with E-state index >= 15 is 0 Å². The molecule has 0 radical (unpaired) electrons. The first-order valence-electron chi connectivity index (χ1n) is 3.42. The van der Waals surface area contributed by atoms with Crippen LogP contribution in [0.5, 0.6) is 0 Å². The highest BCUT2D eigenvalue weighted by molar-refractivity contribution is 7.99. The molecule has 3 nitrogen and oxygen atoms in total. The van der Waals surface area contributed by atoms with Crippen LogP contribution in [0.15, 0.2) is 11.5 Å². The Morgan fingerprint density at radius 2 is 2.64 bits per heavy atom. The maximum atomic E-state index is 4.19. The molecular weight excluding hydrogens is 178 g/mol. The number of hydrogen-bond acceptors (Lipinski definition) is 4. The number of hydrogen-bond donors (Lipinski definition) is 2. The third kappa shape index (κ3) is 3.16. The number of nitrogens with one attached hydrogen (secondary N) is 1. The Kier molecular flexibility index (Phi) is 3.79. The van der Waals surface area contributed by atoms with Crippen LogP contribution >= 0.6 is 24.4 Å². The fourth-order valence-electron chi connectivity index (χ4n) is 0.538. The topological polar surface area (TPSA) is 41.6 Å². The van der Waals surface area contributed by atoms with Gasteiger partial charge in [0.15, 0.2) is 5.16 Å². The highest BCUT2D eigenvalue weighted by Crippen LogP contribution is 2.15. The second-order valence-electron chi connectivity index (χ2n) is 2.39. The summed E-state index contributed by atoms with van der Waals surface area (Å²) in [4.78, 5) is 3.99. The molecule has 0 amide bonds. The summed E-state index contributed by atoms with van der Waals surface area (Å²) in [5.74, 6) is 2.58. The lowest BCUT2D eigenvalue weighted by Crippen LogP contribution is -1.99. The van der Waals surface area contributed by atoms with E-state index in [1.165, 1.54) is 6.33 Å². The van der Waals surface area contributed by atoms with E-state index in [9.17, 15) is 0 Å². The Morgan fingerprint density at radius 3 is 3.18 bits per heavy atom. The molecule has 1 unspecified atom stereocenters. The molecule has 1 heterocycles. The SMILES string of the molecule is CC(CS)CSc1ncn[nH]1. The highest BCUT2D eigenvalue weighted by atomic mass is 32.2. The van der Waals surface area contributed by atoms with Gasteiger partial charge in [0.05, 0.1) is 0 Å². The minimum absolute atomic E-state index is 0.619. The van der Waals surface area contributed by atoms with Crippen LogP contribution in [0.25, 0.3) is 0 Å². The first-order valence-corrected chi connectivity index (χ1v) is 5.03. The van der Waals surface area contributed by atoms with Crippen LogP contribution in [0, 0.1) is 5.92 Å². The molecule has 0 aliphatic rings. The van der Waals surface area contributed by atoms with E-state index in [0.29, 0.717) is 5.92 Å². The molecule has 0 spiro atoms. The Balaban J connectivity index is 2.23. The summed E-state index contributed by atoms with van der Waals surface area (Å²) in [7, 11) is 0. The van der Waals surface area contributed by atoms with E-state index in [1.807, 2.05) is 0 Å². The monoisotopic (exact) mass is 189 g/mol. The maximum absolute atomic E-state index is 4.19. The molecule has 0 fully saturated rings. The average molecular weight is 189 g/mol. The number of aromatic nitrogens is 3. The third-order valence-electron chi connectivity index (χ3n) is 1.21. The second kappa shape index (κ2) is 4.66. The van der Waals surface area contributed by atoms with Gasteiger partial charge in [0.25, 0.3) is 0 Å². The van der Waals surface area contributed by atoms with Gasteiger partial charge in [-0.15, -0.1) is 0 Å². The zero-order valence-electron chi connectivity index (χ0n) is 6.32. The summed E-state index contributed by atoms with van der Waals surface area (Å²) >= 11 is 5.87. The van der Waals surface area contributed by atoms with Gasteiger partial charge in [-0.2, -0.15) is 17.7 Å². The first kappa shape index (κ1) is 8.93. The predicted molar refractivity (Wildman–Crippen MR) is 50.1 cm³/mol. The van der Waals surface area contributed by atoms with Crippen molar-refractivity contribution in [2.45, 2.75) is 12.1 Å². The zero-order valence-corrected chi connectivity index (χ0v) is 8.03. The summed E-state index contributed by atoms with van der Waals surface area (Å²) in [6.07, 6.45) is 1.52. The lowest BCUT2D eigenvalue weighted by Gasteiger charge is -2.03. The van der Waals surface area contributed by atoms with Crippen molar-refractivity contribution in [1.82, 2.24) is 15.2 Å². The van der Waals surface area contributed by atoms with E-state index in [-0.39, 0.29) is 0 Å². The van der Waals surface area contributed by atoms with Crippen molar-refractivity contribution in [3.63, 3.8) is 0 Å². The van der Waals surface area contributed by atoms with Crippen LogP contribution in [0.3, 0.4) is 0 Å². The maximum Gasteiger partial charge on any atom is 0.183 e. The van der Waals surface area contributed by atoms with Crippen molar-refractivity contribution >= 4 is 24.4 Å². The first-order chi connectivity index (χ1) is 5.33. The Labute approximate surface area is 75.8 Å². The number of thiol groups is 1. The molecular formula is C6H11N3S2. The summed E-state index contributed by atoms with van der Waals surface area (Å²) in [5, 5.41) is 7.43. The van der Waals surface area contributed by atoms with Gasteiger partial charge in [-0.05, 0) is 11.7 Å². The molecule has 1 aromatic heterocycles. The number of aromatic amines is 1. The van der Waals surface area contributed by atoms with Gasteiger partial charge < -0.3 is 0 Å². The van der Waals surface area contributed by atoms with E-state index in [0.717, 1.165) is 16.7 Å². The minimum atomic E-state index is 0.619. The molecule has 1 rings (SSSR count). The van der Waals surface area contributed by atoms with Crippen LogP contribution in [0.4, 0.5) is 0 Å². The van der Waals surface area contributed by atoms with Crippen molar-refractivity contribution in [3.05, 3.63) is 6.33 Å². The zero-order chi connectivity index (χ0) is 8.10. The van der Waals surface area contributed by atoms with Gasteiger partial charge in [-0.25, -0.2) is 4.98 Å². The fraction of sp³-hybridized carbons (Fsp3) is 0.667. The number of nitrogens with zero attached hydrogens (tertiary/aromatic N) is 2. The molecule has 0 aliphatic heterocycles. The smallest absolute Gasteiger partial charge is 0.183 e. The van der Waals surface area contributed by atoms with Crippen molar-refractivity contribution in [1.29, 1.82) is 0 Å². The van der Waals surface area contributed by atoms with E-state index in [1.54, 1.807) is 11.8 Å². The largest absolute Gasteiger partial charge is 0.254 e. The molecule has 1 aromatic rings. The standard InChI is InChI=1S/C6H11N3S2/c1-5(2-10)3-11-6-7-4-8-9-6/h4-5,10H,2-3H2,1H3,(H,7,8,9). The fourth-order valence-corrected chi connectivity index (χ4v) is 1.64. The van der Waals surface area contributed by atoms with Gasteiger partial charge in [-0.3, -0.25) is 5.10 Å². The molecule has 0 aromatic carbocycles. The molecule has 1 atom stereocenters. The highest BCUT2D eigenvalue weighted by Gasteiger charge is 2.01. The van der Waals surface area contributed by atoms with Crippen LogP contribution in [0.1, 0.15) is 6.92 Å². The number of rotatable bonds is 4. The Morgan fingerprint density at radius 1 is 1.82 bits per heavy atom. The van der Waals surface area contributed by atoms with E-state index < -0.39 is 0 Å². The number of thioether (sulfide) groups is 1. The molecule has 11 heavy (non-hydrogen) atoms. The molecule has 1 N–H and O–H groups in total. The number of H-pyrrole nitrogens is 1. The van der Waals surface area contributed by atoms with Gasteiger partial charge in [0.1, 0.15) is 6.33 Å². The quantitative estimate of drug-likeness (QED) is 0.556. The van der Waals surface area contributed by atoms with Crippen LogP contribution < -0.4 is 0 Å². The summed E-state index contributed by atoms with van der Waals surface area (Å²) < 4.78 is 0. The van der Waals surface area contributed by atoms with Crippen LogP contribution in [-0.2, 0) is 0 Å². The van der Waals surface area contributed by atoms with Gasteiger partial charge in [0, 0.05) is 5.75 Å². The van der Waals surface area contributed by atoms with Gasteiger partial charge >= 0.3 is 0 Å². The minimum Gasteiger partial charge on any atom is -0.254 e. The van der Waals surface area contributed by atoms with Crippen molar-refractivity contribution in [2.24, 2.45) is 5.92 Å². The third-order valence-corrected chi connectivity index (χ3v) is 3.04. The summed E-state index contributed by atoms with van der Waals surface area (Å²) in [6.45, 7) is 2.16. The van der Waals surface area contributed by atoms with Crippen LogP contribution in [-0.4, -0.2) is 26.7 Å². The van der Waals surface area contributed by atoms with Crippen LogP contribution in [0.2, 0.25) is 0 Å². The lowest BCUT2D eigenvalue weighted by molar-refractivity contribution is 0.764. The summed E-state index contributed by atoms with van der Waals surface area (Å²) in [5.41, 5.74) is 0. The normalized spacial score (nSPS) is 13.3. The van der Waals surface area contributed by atoms with Crippen molar-refractivity contribution in [2.75, 3.05) is 11.5 Å². The summed E-state index contributed by atoms with van der Waals surface area (Å²) in [6, 6.07) is 0. The molecule has 0 saturated heterocycles. The molecule has 0 saturated carbocycles. The van der Waals surface area contributed by atoms with Crippen molar-refractivity contribution in [3.8, 4) is 0 Å². The Hall–Kier alpha value is -0.160. The molecule has 0 bridgehead atoms. The molecule has 0 aliphatic carbocycles. The van der Waals surface area contributed by atoms with Gasteiger partial charge in [-0.1, -0.05) is 18.7 Å². The van der Waals surface area contributed by atoms with Gasteiger partial charge in [0.2, 0.25) is 0 Å². The van der Waals surface area contributed by atoms with E-state index in [2.05, 4.69) is 34.7 Å². The lowest BCUT2D eigenvalue weighted by atomic mass is 10.3. The average Bonchev–Trinajstić information content (AvgIpc) is 2.52. The second-order valence-corrected chi connectivity index (χ2v) is 3.76. The predicted octanol–water partition coefficient (Wildman–Crippen LogP) is 1.46. The molecule has 62 valence electrons.